The van der Waals surface area contributed by atoms with Crippen LogP contribution in [0.15, 0.2) is 23.4 Å². The third kappa shape index (κ3) is 2.82. The zero-order valence-electron chi connectivity index (χ0n) is 11.2. The minimum atomic E-state index is -3.89. The van der Waals surface area contributed by atoms with Crippen LogP contribution in [-0.2, 0) is 20.4 Å². The summed E-state index contributed by atoms with van der Waals surface area (Å²) in [6.07, 6.45) is 0.700. The topological polar surface area (TPSA) is 55.7 Å². The Labute approximate surface area is 116 Å². The van der Waals surface area contributed by atoms with Gasteiger partial charge in [0.15, 0.2) is 14.9 Å². The summed E-state index contributed by atoms with van der Waals surface area (Å²) < 4.78 is 51.4. The first-order valence-electron chi connectivity index (χ1n) is 6.18. The molecule has 1 aliphatic rings. The molecule has 0 spiro atoms. The lowest BCUT2D eigenvalue weighted by Gasteiger charge is -2.18. The van der Waals surface area contributed by atoms with Gasteiger partial charge in [-0.05, 0) is 25.5 Å². The molecule has 20 heavy (non-hydrogen) atoms. The summed E-state index contributed by atoms with van der Waals surface area (Å²) in [7, 11) is -3.89. The molecular weight excluding hydrogens is 288 g/mol. The zero-order valence-corrected chi connectivity index (χ0v) is 12.0. The van der Waals surface area contributed by atoms with E-state index < -0.39 is 38.4 Å². The van der Waals surface area contributed by atoms with E-state index in [1.807, 2.05) is 6.92 Å². The van der Waals surface area contributed by atoms with Gasteiger partial charge in [-0.15, -0.1) is 0 Å². The molecule has 7 heteroatoms. The largest absolute Gasteiger partial charge is 0.388 e. The van der Waals surface area contributed by atoms with Crippen molar-refractivity contribution in [2.45, 2.75) is 38.0 Å². The first-order valence-corrected chi connectivity index (χ1v) is 7.83. The lowest BCUT2D eigenvalue weighted by Crippen LogP contribution is -2.26. The van der Waals surface area contributed by atoms with Crippen LogP contribution in [0.1, 0.15) is 32.3 Å². The first-order chi connectivity index (χ1) is 9.27. The molecule has 2 rings (SSSR count). The van der Waals surface area contributed by atoms with E-state index in [9.17, 15) is 17.2 Å². The van der Waals surface area contributed by atoms with Gasteiger partial charge in [-0.2, -0.15) is 0 Å². The highest BCUT2D eigenvalue weighted by Crippen LogP contribution is 2.30. The summed E-state index contributed by atoms with van der Waals surface area (Å²) in [4.78, 5) is 5.11. The van der Waals surface area contributed by atoms with Gasteiger partial charge in [0.2, 0.25) is 0 Å². The zero-order chi connectivity index (χ0) is 15.0. The van der Waals surface area contributed by atoms with Gasteiger partial charge in [0.25, 0.3) is 0 Å². The third-order valence-corrected chi connectivity index (χ3v) is 5.00. The molecule has 110 valence electrons. The van der Waals surface area contributed by atoms with Crippen LogP contribution < -0.4 is 0 Å². The molecule has 1 aromatic carbocycles. The van der Waals surface area contributed by atoms with Gasteiger partial charge in [0.1, 0.15) is 17.2 Å². The van der Waals surface area contributed by atoms with Crippen LogP contribution in [0.2, 0.25) is 0 Å². The monoisotopic (exact) mass is 303 g/mol. The van der Waals surface area contributed by atoms with Crippen molar-refractivity contribution in [3.63, 3.8) is 0 Å². The molecule has 1 aliphatic heterocycles. The Bertz CT molecular complexity index is 637. The Balaban J connectivity index is 2.26. The van der Waals surface area contributed by atoms with E-state index in [2.05, 4.69) is 5.16 Å². The summed E-state index contributed by atoms with van der Waals surface area (Å²) in [5, 5.41) is 3.41. The summed E-state index contributed by atoms with van der Waals surface area (Å²) in [6, 6.07) is 3.24. The molecule has 0 fully saturated rings. The minimum Gasteiger partial charge on any atom is -0.388 e. The maximum Gasteiger partial charge on any atom is 0.199 e. The second kappa shape index (κ2) is 5.12. The number of nitrogens with zero attached hydrogens (tertiary/aromatic N) is 1. The SMILES string of the molecule is CCC1(C)CC(S(=O)(=O)Cc2c(F)cccc2F)=NO1. The molecule has 0 N–H and O–H groups in total. The van der Waals surface area contributed by atoms with Gasteiger partial charge in [-0.3, -0.25) is 0 Å². The maximum atomic E-state index is 13.5. The molecule has 1 unspecified atom stereocenters. The number of hydrogen-bond donors (Lipinski definition) is 0. The van der Waals surface area contributed by atoms with E-state index in [1.165, 1.54) is 6.07 Å². The second-order valence-electron chi connectivity index (χ2n) is 5.02. The predicted octanol–water partition coefficient (Wildman–Crippen LogP) is 2.78. The van der Waals surface area contributed by atoms with E-state index >= 15 is 0 Å². The van der Waals surface area contributed by atoms with Crippen molar-refractivity contribution in [2.75, 3.05) is 0 Å². The standard InChI is InChI=1S/C13H15F2NO3S/c1-3-13(2)7-12(16-19-13)20(17,18)8-9-10(14)5-4-6-11(9)15/h4-6H,3,7-8H2,1-2H3. The number of benzene rings is 1. The molecule has 0 radical (unpaired) electrons. The predicted molar refractivity (Wildman–Crippen MR) is 70.8 cm³/mol. The highest BCUT2D eigenvalue weighted by atomic mass is 32.2. The van der Waals surface area contributed by atoms with Crippen LogP contribution in [-0.4, -0.2) is 19.1 Å². The normalized spacial score (nSPS) is 22.5. The van der Waals surface area contributed by atoms with Gasteiger partial charge in [0.05, 0.1) is 5.75 Å². The quantitative estimate of drug-likeness (QED) is 0.862. The smallest absolute Gasteiger partial charge is 0.199 e. The lowest BCUT2D eigenvalue weighted by molar-refractivity contribution is -0.00604. The van der Waals surface area contributed by atoms with E-state index in [1.54, 1.807) is 6.92 Å². The fourth-order valence-electron chi connectivity index (χ4n) is 1.85. The highest BCUT2D eigenvalue weighted by Gasteiger charge is 2.38. The van der Waals surface area contributed by atoms with E-state index in [-0.39, 0.29) is 11.5 Å². The summed E-state index contributed by atoms with van der Waals surface area (Å²) in [6.45, 7) is 3.59. The fraction of sp³-hybridized carbons (Fsp3) is 0.462. The molecule has 0 aromatic heterocycles. The van der Waals surface area contributed by atoms with Crippen LogP contribution >= 0.6 is 0 Å². The number of oxime groups is 1. The van der Waals surface area contributed by atoms with Crippen molar-refractivity contribution in [2.24, 2.45) is 5.16 Å². The number of hydrogen-bond acceptors (Lipinski definition) is 4. The van der Waals surface area contributed by atoms with Gasteiger partial charge in [-0.25, -0.2) is 17.2 Å². The summed E-state index contributed by atoms with van der Waals surface area (Å²) in [5.74, 6) is -2.52. The van der Waals surface area contributed by atoms with Crippen LogP contribution in [0.4, 0.5) is 8.78 Å². The van der Waals surface area contributed by atoms with Crippen molar-refractivity contribution >= 4 is 14.9 Å². The van der Waals surface area contributed by atoms with Gasteiger partial charge in [-0.1, -0.05) is 18.1 Å². The Morgan fingerprint density at radius 3 is 2.45 bits per heavy atom. The summed E-state index contributed by atoms with van der Waals surface area (Å²) in [5.41, 5.74) is -1.14. The van der Waals surface area contributed by atoms with Gasteiger partial charge < -0.3 is 4.84 Å². The molecule has 4 nitrogen and oxygen atoms in total. The van der Waals surface area contributed by atoms with E-state index in [0.717, 1.165) is 12.1 Å². The van der Waals surface area contributed by atoms with Crippen LogP contribution in [0, 0.1) is 11.6 Å². The second-order valence-corrected chi connectivity index (χ2v) is 7.01. The number of rotatable bonds is 3. The molecule has 0 saturated carbocycles. The van der Waals surface area contributed by atoms with E-state index in [4.69, 9.17) is 4.84 Å². The Hall–Kier alpha value is -1.50. The molecular formula is C13H15F2NO3S. The van der Waals surface area contributed by atoms with Crippen molar-refractivity contribution in [1.29, 1.82) is 0 Å². The van der Waals surface area contributed by atoms with Crippen LogP contribution in [0.25, 0.3) is 0 Å². The highest BCUT2D eigenvalue weighted by molar-refractivity contribution is 8.05. The van der Waals surface area contributed by atoms with Crippen molar-refractivity contribution in [1.82, 2.24) is 0 Å². The molecule has 0 bridgehead atoms. The summed E-state index contributed by atoms with van der Waals surface area (Å²) >= 11 is 0. The first kappa shape index (κ1) is 14.9. The van der Waals surface area contributed by atoms with E-state index in [0.29, 0.717) is 6.42 Å². The van der Waals surface area contributed by atoms with Crippen molar-refractivity contribution in [3.8, 4) is 0 Å². The van der Waals surface area contributed by atoms with Crippen molar-refractivity contribution < 1.29 is 22.0 Å². The molecule has 1 aromatic rings. The Morgan fingerprint density at radius 1 is 1.35 bits per heavy atom. The molecule has 1 atom stereocenters. The number of halogens is 2. The van der Waals surface area contributed by atoms with Crippen molar-refractivity contribution in [3.05, 3.63) is 35.4 Å². The average Bonchev–Trinajstić information content (AvgIpc) is 2.79. The lowest BCUT2D eigenvalue weighted by atomic mass is 10.0. The van der Waals surface area contributed by atoms with Crippen LogP contribution in [0.3, 0.4) is 0 Å². The van der Waals surface area contributed by atoms with Crippen LogP contribution in [0.5, 0.6) is 0 Å². The Kier molecular flexibility index (Phi) is 3.82. The molecule has 0 saturated heterocycles. The fourth-order valence-corrected chi connectivity index (χ4v) is 3.34. The third-order valence-electron chi connectivity index (χ3n) is 3.40. The van der Waals surface area contributed by atoms with Gasteiger partial charge >= 0.3 is 0 Å². The number of sulfone groups is 1. The molecule has 1 heterocycles. The average molecular weight is 303 g/mol. The van der Waals surface area contributed by atoms with Gasteiger partial charge in [0, 0.05) is 12.0 Å². The molecule has 0 amide bonds. The minimum absolute atomic E-state index is 0.113. The maximum absolute atomic E-state index is 13.5. The Morgan fingerprint density at radius 2 is 1.95 bits per heavy atom. The molecule has 0 aliphatic carbocycles.